The van der Waals surface area contributed by atoms with Crippen molar-refractivity contribution in [3.05, 3.63) is 29.5 Å². The molecule has 0 aromatic carbocycles. The van der Waals surface area contributed by atoms with Gasteiger partial charge in [-0.05, 0) is 19.6 Å². The minimum absolute atomic E-state index is 0. The van der Waals surface area contributed by atoms with Crippen LogP contribution in [0.1, 0.15) is 29.6 Å². The summed E-state index contributed by atoms with van der Waals surface area (Å²) < 4.78 is 0. The number of nitrogens with zero attached hydrogens (tertiary/aromatic N) is 5. The quantitative estimate of drug-likeness (QED) is 0.285. The molecule has 10 heteroatoms. The average Bonchev–Trinajstić information content (AvgIpc) is 3.06. The number of hydrogen-bond donors (Lipinski definition) is 3. The third-order valence-electron chi connectivity index (χ3n) is 3.27. The first-order valence-corrected chi connectivity index (χ1v) is 10.3. The van der Waals surface area contributed by atoms with Crippen LogP contribution in [0.3, 0.4) is 0 Å². The molecule has 0 aliphatic carbocycles. The summed E-state index contributed by atoms with van der Waals surface area (Å²) in [6, 6.07) is 0. The van der Waals surface area contributed by atoms with Crippen LogP contribution in [0.5, 0.6) is 0 Å². The van der Waals surface area contributed by atoms with E-state index in [2.05, 4.69) is 35.4 Å². The zero-order valence-corrected chi connectivity index (χ0v) is 17.1. The van der Waals surface area contributed by atoms with Gasteiger partial charge in [0.1, 0.15) is 34.1 Å². The summed E-state index contributed by atoms with van der Waals surface area (Å²) in [4.78, 5) is 20.8. The summed E-state index contributed by atoms with van der Waals surface area (Å²) in [5.74, 6) is 2.37. The van der Waals surface area contributed by atoms with Crippen molar-refractivity contribution in [2.24, 2.45) is 0 Å². The number of thioether (sulfide) groups is 1. The average molecular weight is 422 g/mol. The Morgan fingerprint density at radius 3 is 2.39 bits per heavy atom. The molecular formula is C18H28N8S2. The molecule has 0 saturated heterocycles. The smallest absolute Gasteiger partial charge is 0.259 e. The molecule has 28 heavy (non-hydrogen) atoms. The van der Waals surface area contributed by atoms with Crippen LogP contribution >= 0.6 is 23.1 Å². The van der Waals surface area contributed by atoms with Gasteiger partial charge in [0, 0.05) is 19.9 Å². The number of aromatic nitrogens is 4. The van der Waals surface area contributed by atoms with Crippen LogP contribution in [-0.4, -0.2) is 38.8 Å². The van der Waals surface area contributed by atoms with Gasteiger partial charge in [-0.15, -0.1) is 23.1 Å². The fourth-order valence-electron chi connectivity index (χ4n) is 2.20. The van der Waals surface area contributed by atoms with Crippen molar-refractivity contribution in [1.29, 1.82) is 0 Å². The third-order valence-corrected chi connectivity index (χ3v) is 5.03. The van der Waals surface area contributed by atoms with E-state index in [1.807, 2.05) is 26.2 Å². The van der Waals surface area contributed by atoms with E-state index in [9.17, 15) is 0 Å². The molecule has 3 aromatic rings. The maximum atomic E-state index is 7.07. The Hall–Kier alpha value is -2.64. The molecular weight excluding hydrogens is 392 g/mol. The molecule has 0 radical (unpaired) electrons. The van der Waals surface area contributed by atoms with Crippen LogP contribution in [-0.2, 0) is 0 Å². The Labute approximate surface area is 175 Å². The molecule has 0 unspecified atom stereocenters. The van der Waals surface area contributed by atoms with Crippen LogP contribution in [0.2, 0.25) is 0 Å². The van der Waals surface area contributed by atoms with Crippen LogP contribution < -0.4 is 16.4 Å². The summed E-state index contributed by atoms with van der Waals surface area (Å²) in [6.07, 6.45) is 3.04. The van der Waals surface area contributed by atoms with E-state index in [1.165, 1.54) is 17.7 Å². The lowest BCUT2D eigenvalue weighted by molar-refractivity contribution is 1.04. The number of anilines is 3. The van der Waals surface area contributed by atoms with Gasteiger partial charge in [0.05, 0.1) is 17.6 Å². The van der Waals surface area contributed by atoms with Crippen molar-refractivity contribution in [2.45, 2.75) is 33.2 Å². The van der Waals surface area contributed by atoms with Crippen LogP contribution in [0, 0.1) is 6.57 Å². The van der Waals surface area contributed by atoms with Crippen LogP contribution in [0.25, 0.3) is 15.1 Å². The maximum absolute atomic E-state index is 7.07. The zero-order valence-electron chi connectivity index (χ0n) is 15.5. The Morgan fingerprint density at radius 2 is 1.75 bits per heavy atom. The van der Waals surface area contributed by atoms with Gasteiger partial charge in [-0.2, -0.15) is 0 Å². The highest BCUT2D eigenvalue weighted by Gasteiger charge is 2.10. The number of fused-ring (bicyclic) bond motifs is 1. The molecule has 0 fully saturated rings. The molecule has 4 N–H and O–H groups in total. The topological polar surface area (TPSA) is 106 Å². The number of nitrogens with two attached hydrogens (primary N) is 1. The van der Waals surface area contributed by atoms with Gasteiger partial charge >= 0.3 is 0 Å². The zero-order chi connectivity index (χ0) is 19.6. The van der Waals surface area contributed by atoms with Crippen LogP contribution in [0.4, 0.5) is 23.0 Å². The minimum atomic E-state index is 0. The molecule has 0 aliphatic heterocycles. The number of nitrogens with one attached hydrogen (secondary N) is 2. The number of hydrogen-bond acceptors (Lipinski definition) is 9. The molecule has 0 bridgehead atoms. The van der Waals surface area contributed by atoms with E-state index >= 15 is 0 Å². The van der Waals surface area contributed by atoms with Gasteiger partial charge < -0.3 is 16.4 Å². The maximum Gasteiger partial charge on any atom is 0.259 e. The van der Waals surface area contributed by atoms with Gasteiger partial charge in [0.25, 0.3) is 5.69 Å². The second-order valence-electron chi connectivity index (χ2n) is 5.07. The molecule has 0 aliphatic rings. The Morgan fingerprint density at radius 1 is 1.11 bits per heavy atom. The molecule has 152 valence electrons. The summed E-state index contributed by atoms with van der Waals surface area (Å²) in [7, 11) is 0. The van der Waals surface area contributed by atoms with Crippen molar-refractivity contribution in [2.75, 3.05) is 35.2 Å². The summed E-state index contributed by atoms with van der Waals surface area (Å²) in [5, 5.41) is 9.79. The van der Waals surface area contributed by atoms with E-state index in [-0.39, 0.29) is 8.85 Å². The predicted molar refractivity (Wildman–Crippen MR) is 124 cm³/mol. The normalized spacial score (nSPS) is 9.64. The van der Waals surface area contributed by atoms with Gasteiger partial charge in [-0.25, -0.2) is 24.8 Å². The van der Waals surface area contributed by atoms with Crippen LogP contribution in [0.15, 0.2) is 23.1 Å². The Balaban J connectivity index is 0.000000506. The SMILES string of the molecule is C.CCNc1ncnc2scc(N)c12.[2HH].[C-]#[N+]c1c(NCC)ncnc1SCC. The lowest BCUT2D eigenvalue weighted by Gasteiger charge is -2.06. The van der Waals surface area contributed by atoms with E-state index in [0.29, 0.717) is 11.5 Å². The van der Waals surface area contributed by atoms with Gasteiger partial charge in [0.15, 0.2) is 0 Å². The highest BCUT2D eigenvalue weighted by atomic mass is 32.2. The number of thiophene rings is 1. The van der Waals surface area contributed by atoms with E-state index in [1.54, 1.807) is 18.1 Å². The number of nitrogen functional groups attached to an aromatic ring is 1. The lowest BCUT2D eigenvalue weighted by atomic mass is 10.3. The summed E-state index contributed by atoms with van der Waals surface area (Å²) >= 11 is 3.10. The fourth-order valence-corrected chi connectivity index (χ4v) is 3.67. The first-order chi connectivity index (χ1) is 13.2. The molecule has 3 rings (SSSR count). The van der Waals surface area contributed by atoms with Gasteiger partial charge in [-0.3, -0.25) is 0 Å². The molecule has 0 amide bonds. The Kier molecular flexibility index (Phi) is 9.98. The van der Waals surface area contributed by atoms with Gasteiger partial charge in [0.2, 0.25) is 0 Å². The van der Waals surface area contributed by atoms with E-state index < -0.39 is 0 Å². The molecule has 0 saturated carbocycles. The first kappa shape index (κ1) is 23.4. The van der Waals surface area contributed by atoms with Crippen molar-refractivity contribution in [1.82, 2.24) is 19.9 Å². The summed E-state index contributed by atoms with van der Waals surface area (Å²) in [5.41, 5.74) is 7.07. The highest BCUT2D eigenvalue weighted by molar-refractivity contribution is 7.99. The fraction of sp³-hybridized carbons (Fsp3) is 0.389. The minimum Gasteiger partial charge on any atom is -0.397 e. The molecule has 3 heterocycles. The lowest BCUT2D eigenvalue weighted by Crippen LogP contribution is -2.00. The third kappa shape index (κ3) is 5.68. The van der Waals surface area contributed by atoms with Crippen molar-refractivity contribution in [3.63, 3.8) is 0 Å². The molecule has 3 aromatic heterocycles. The van der Waals surface area contributed by atoms with E-state index in [4.69, 9.17) is 12.3 Å². The van der Waals surface area contributed by atoms with Crippen molar-refractivity contribution < 1.29 is 1.43 Å². The van der Waals surface area contributed by atoms with Crippen molar-refractivity contribution in [3.8, 4) is 0 Å². The standard InChI is InChI=1S/C9H12N4S.C8H10N4S.CH4.H2/c1-4-11-8-7(10-3)9(14-5-2)13-6-12-8;1-2-10-7-6-5(9)3-13-8(6)12-4-11-7;;/h6H,4-5H2,1-2H3,(H,11,12,13);3-4H,2,9H2,1H3,(H,10,11,12);1H4;1H/i;;;1+1. The molecule has 0 atom stereocenters. The molecule has 8 nitrogen and oxygen atoms in total. The Bertz CT molecular complexity index is 902. The predicted octanol–water partition coefficient (Wildman–Crippen LogP) is 5.16. The number of rotatable bonds is 6. The largest absolute Gasteiger partial charge is 0.397 e. The first-order valence-electron chi connectivity index (χ1n) is 8.46. The second kappa shape index (κ2) is 11.9. The van der Waals surface area contributed by atoms with E-state index in [0.717, 1.165) is 45.6 Å². The monoisotopic (exact) mass is 421 g/mol. The summed E-state index contributed by atoms with van der Waals surface area (Å²) in [6.45, 7) is 14.7. The van der Waals surface area contributed by atoms with Crippen molar-refractivity contribution >= 4 is 56.3 Å². The molecule has 0 spiro atoms. The second-order valence-corrected chi connectivity index (χ2v) is 7.19. The van der Waals surface area contributed by atoms with Gasteiger partial charge in [-0.1, -0.05) is 14.4 Å². The highest BCUT2D eigenvalue weighted by Crippen LogP contribution is 2.32.